The number of hydrogen-bond acceptors (Lipinski definition) is 2. The van der Waals surface area contributed by atoms with Gasteiger partial charge >= 0.3 is 6.16 Å². The summed E-state index contributed by atoms with van der Waals surface area (Å²) in [5.74, 6) is 2.76. The van der Waals surface area contributed by atoms with E-state index in [0.717, 1.165) is 17.8 Å². The molecule has 0 radical (unpaired) electrons. The van der Waals surface area contributed by atoms with Crippen LogP contribution in [0.5, 0.6) is 0 Å². The standard InChI is InChI=1S/C20H26O3/c1-13-2-3-17(4-5-23-19(21)22)18(6-13)20-10-14-7-15(11-20)9-16(8-14)12-20/h2-3,6,14-16H,4-5,7-12H2,1H3,(H,21,22). The predicted molar refractivity (Wildman–Crippen MR) is 88.7 cm³/mol. The molecule has 0 saturated heterocycles. The molecule has 0 atom stereocenters. The second kappa shape index (κ2) is 5.54. The van der Waals surface area contributed by atoms with Crippen LogP contribution in [0.15, 0.2) is 18.2 Å². The van der Waals surface area contributed by atoms with Gasteiger partial charge in [0.2, 0.25) is 0 Å². The monoisotopic (exact) mass is 314 g/mol. The van der Waals surface area contributed by atoms with E-state index in [4.69, 9.17) is 9.84 Å². The number of ether oxygens (including phenoxy) is 1. The molecule has 124 valence electrons. The lowest BCUT2D eigenvalue weighted by Crippen LogP contribution is -2.49. The van der Waals surface area contributed by atoms with Gasteiger partial charge in [0.05, 0.1) is 6.61 Å². The van der Waals surface area contributed by atoms with Gasteiger partial charge in [0, 0.05) is 6.42 Å². The number of rotatable bonds is 4. The molecule has 3 heteroatoms. The highest BCUT2D eigenvalue weighted by Crippen LogP contribution is 2.61. The average molecular weight is 314 g/mol. The van der Waals surface area contributed by atoms with Gasteiger partial charge in [-0.25, -0.2) is 4.79 Å². The lowest BCUT2D eigenvalue weighted by molar-refractivity contribution is -0.00569. The highest BCUT2D eigenvalue weighted by atomic mass is 16.7. The molecule has 0 amide bonds. The maximum absolute atomic E-state index is 10.6. The number of carbonyl (C=O) groups is 1. The minimum atomic E-state index is -1.17. The molecular weight excluding hydrogens is 288 g/mol. The predicted octanol–water partition coefficient (Wildman–Crippen LogP) is 4.70. The third-order valence-electron chi connectivity index (χ3n) is 6.47. The molecule has 1 aromatic carbocycles. The van der Waals surface area contributed by atoms with E-state index in [1.54, 1.807) is 0 Å². The zero-order chi connectivity index (χ0) is 16.0. The molecule has 4 aliphatic rings. The molecule has 3 nitrogen and oxygen atoms in total. The fourth-order valence-electron chi connectivity index (χ4n) is 6.09. The van der Waals surface area contributed by atoms with Gasteiger partial charge in [-0.3, -0.25) is 0 Å². The van der Waals surface area contributed by atoms with E-state index in [0.29, 0.717) is 11.8 Å². The van der Waals surface area contributed by atoms with Crippen molar-refractivity contribution in [3.8, 4) is 0 Å². The van der Waals surface area contributed by atoms with E-state index in [9.17, 15) is 4.79 Å². The van der Waals surface area contributed by atoms with Crippen LogP contribution in [-0.2, 0) is 16.6 Å². The topological polar surface area (TPSA) is 46.5 Å². The van der Waals surface area contributed by atoms with Crippen molar-refractivity contribution in [3.05, 3.63) is 34.9 Å². The summed E-state index contributed by atoms with van der Waals surface area (Å²) < 4.78 is 4.77. The zero-order valence-corrected chi connectivity index (χ0v) is 13.9. The van der Waals surface area contributed by atoms with Gasteiger partial charge < -0.3 is 9.84 Å². The largest absolute Gasteiger partial charge is 0.505 e. The Morgan fingerprint density at radius 2 is 1.78 bits per heavy atom. The summed E-state index contributed by atoms with van der Waals surface area (Å²) in [6, 6.07) is 6.73. The minimum absolute atomic E-state index is 0.262. The highest BCUT2D eigenvalue weighted by molar-refractivity contribution is 5.56. The third-order valence-corrected chi connectivity index (χ3v) is 6.47. The molecule has 0 spiro atoms. The Morgan fingerprint density at radius 1 is 1.17 bits per heavy atom. The zero-order valence-electron chi connectivity index (χ0n) is 13.9. The van der Waals surface area contributed by atoms with Gasteiger partial charge in [-0.05, 0) is 79.7 Å². The van der Waals surface area contributed by atoms with E-state index < -0.39 is 6.16 Å². The van der Waals surface area contributed by atoms with Crippen molar-refractivity contribution in [1.82, 2.24) is 0 Å². The lowest BCUT2D eigenvalue weighted by atomic mass is 9.47. The summed E-state index contributed by atoms with van der Waals surface area (Å²) in [4.78, 5) is 10.6. The molecule has 5 rings (SSSR count). The van der Waals surface area contributed by atoms with E-state index in [-0.39, 0.29) is 6.61 Å². The molecule has 0 unspecified atom stereocenters. The summed E-state index contributed by atoms with van der Waals surface area (Å²) in [7, 11) is 0. The molecule has 0 aromatic heterocycles. The summed E-state index contributed by atoms with van der Waals surface area (Å²) in [5.41, 5.74) is 4.49. The Labute approximate surface area is 138 Å². The van der Waals surface area contributed by atoms with Gasteiger partial charge in [-0.15, -0.1) is 0 Å². The third kappa shape index (κ3) is 2.75. The molecule has 1 aromatic rings. The van der Waals surface area contributed by atoms with Gasteiger partial charge in [0.15, 0.2) is 0 Å². The fraction of sp³-hybridized carbons (Fsp3) is 0.650. The Balaban J connectivity index is 1.64. The number of benzene rings is 1. The smallest absolute Gasteiger partial charge is 0.450 e. The second-order valence-electron chi connectivity index (χ2n) is 8.22. The Bertz CT molecular complexity index is 584. The van der Waals surface area contributed by atoms with Crippen LogP contribution in [0.4, 0.5) is 4.79 Å². The van der Waals surface area contributed by atoms with Crippen LogP contribution in [0.2, 0.25) is 0 Å². The van der Waals surface area contributed by atoms with Crippen molar-refractivity contribution in [2.24, 2.45) is 17.8 Å². The minimum Gasteiger partial charge on any atom is -0.450 e. The van der Waals surface area contributed by atoms with Crippen LogP contribution in [0, 0.1) is 24.7 Å². The molecule has 23 heavy (non-hydrogen) atoms. The molecule has 4 bridgehead atoms. The Kier molecular flexibility index (Phi) is 3.62. The van der Waals surface area contributed by atoms with Crippen molar-refractivity contribution in [1.29, 1.82) is 0 Å². The van der Waals surface area contributed by atoms with Crippen LogP contribution in [0.25, 0.3) is 0 Å². The summed E-state index contributed by atoms with van der Waals surface area (Å²) in [6.07, 6.45) is 7.89. The van der Waals surface area contributed by atoms with Gasteiger partial charge in [0.25, 0.3) is 0 Å². The van der Waals surface area contributed by atoms with Crippen LogP contribution in [0.3, 0.4) is 0 Å². The maximum atomic E-state index is 10.6. The second-order valence-corrected chi connectivity index (χ2v) is 8.22. The Hall–Kier alpha value is -1.51. The van der Waals surface area contributed by atoms with Crippen molar-refractivity contribution in [2.75, 3.05) is 6.61 Å². The molecule has 0 aliphatic heterocycles. The van der Waals surface area contributed by atoms with Crippen molar-refractivity contribution >= 4 is 6.16 Å². The van der Waals surface area contributed by atoms with Gasteiger partial charge in [-0.2, -0.15) is 0 Å². The first-order valence-electron chi connectivity index (χ1n) is 9.00. The molecule has 4 aliphatic carbocycles. The lowest BCUT2D eigenvalue weighted by Gasteiger charge is -2.57. The summed E-state index contributed by atoms with van der Waals surface area (Å²) in [6.45, 7) is 2.43. The first-order chi connectivity index (χ1) is 11.0. The SMILES string of the molecule is Cc1ccc(CCOC(=O)O)c(C23CC4CC(CC(C4)C2)C3)c1. The van der Waals surface area contributed by atoms with Crippen molar-refractivity contribution < 1.29 is 14.6 Å². The van der Waals surface area contributed by atoms with Crippen LogP contribution in [0.1, 0.15) is 55.2 Å². The van der Waals surface area contributed by atoms with Crippen molar-refractivity contribution in [2.45, 2.75) is 57.3 Å². The van der Waals surface area contributed by atoms with E-state index >= 15 is 0 Å². The Morgan fingerprint density at radius 3 is 2.35 bits per heavy atom. The maximum Gasteiger partial charge on any atom is 0.505 e. The highest BCUT2D eigenvalue weighted by Gasteiger charge is 2.52. The average Bonchev–Trinajstić information content (AvgIpc) is 2.47. The quantitative estimate of drug-likeness (QED) is 0.819. The van der Waals surface area contributed by atoms with Gasteiger partial charge in [-0.1, -0.05) is 23.8 Å². The van der Waals surface area contributed by atoms with Crippen molar-refractivity contribution in [3.63, 3.8) is 0 Å². The first-order valence-corrected chi connectivity index (χ1v) is 9.00. The normalized spacial score (nSPS) is 34.6. The van der Waals surface area contributed by atoms with Gasteiger partial charge in [0.1, 0.15) is 0 Å². The first kappa shape index (κ1) is 15.0. The van der Waals surface area contributed by atoms with Crippen LogP contribution < -0.4 is 0 Å². The fourth-order valence-corrected chi connectivity index (χ4v) is 6.09. The molecule has 4 fully saturated rings. The van der Waals surface area contributed by atoms with E-state index in [1.807, 2.05) is 0 Å². The number of carboxylic acid groups (broad SMARTS) is 1. The summed E-state index contributed by atoms with van der Waals surface area (Å²) in [5, 5.41) is 8.71. The molecule has 0 heterocycles. The molecule has 1 N–H and O–H groups in total. The number of hydrogen-bond donors (Lipinski definition) is 1. The van der Waals surface area contributed by atoms with E-state index in [1.165, 1.54) is 55.2 Å². The van der Waals surface area contributed by atoms with E-state index in [2.05, 4.69) is 25.1 Å². The molecular formula is C20H26O3. The van der Waals surface area contributed by atoms with Crippen LogP contribution >= 0.6 is 0 Å². The number of aryl methyl sites for hydroxylation is 1. The van der Waals surface area contributed by atoms with Crippen LogP contribution in [-0.4, -0.2) is 17.9 Å². The molecule has 4 saturated carbocycles. The summed E-state index contributed by atoms with van der Waals surface area (Å²) >= 11 is 0.